The molecule has 0 saturated heterocycles. The number of nitrogens with zero attached hydrogens (tertiary/aromatic N) is 2. The van der Waals surface area contributed by atoms with Crippen molar-refractivity contribution in [1.82, 2.24) is 9.97 Å². The Morgan fingerprint density at radius 1 is 0.300 bits per heavy atom. The first-order valence-electron chi connectivity index (χ1n) is 24.0. The maximum absolute atomic E-state index is 5.31. The normalized spacial score (nSPS) is 14.2. The number of aromatic nitrogens is 2. The largest absolute Gasteiger partial charge is 0.228 e. The van der Waals surface area contributed by atoms with Crippen molar-refractivity contribution in [2.24, 2.45) is 0 Å². The van der Waals surface area contributed by atoms with Crippen LogP contribution < -0.4 is 0 Å². The van der Waals surface area contributed by atoms with Crippen molar-refractivity contribution in [2.45, 2.75) is 20.6 Å². The number of hydrogen-bond acceptors (Lipinski definition) is 4. The van der Waals surface area contributed by atoms with E-state index in [1.807, 2.05) is 23.1 Å². The van der Waals surface area contributed by atoms with Crippen molar-refractivity contribution < 1.29 is 0 Å². The molecule has 12 aromatic rings. The standard InChI is InChI=1S/C66H40N2S2/c1-2-17-42(18-3-1)57-40-58(44-37-38-47-46-19-5-13-30-59(46)69-62(47)39-44)68-64(67-57)43-35-33-41(34-36-43)45-21-16-29-56-63(45)48-20-4-6-22-49(48)65(56)50-23-7-9-25-52(50)66(53-26-10-8-24-51(53)65)54-27-11-14-31-60(54)70-61-32-15-12-28-55(61)66/h1-40H. The van der Waals surface area contributed by atoms with E-state index in [1.165, 1.54) is 91.2 Å². The van der Waals surface area contributed by atoms with Crippen molar-refractivity contribution in [3.63, 3.8) is 0 Å². The summed E-state index contributed by atoms with van der Waals surface area (Å²) in [6, 6.07) is 90.0. The Balaban J connectivity index is 0.904. The molecule has 70 heavy (non-hydrogen) atoms. The van der Waals surface area contributed by atoms with E-state index in [0.29, 0.717) is 5.82 Å². The van der Waals surface area contributed by atoms with Gasteiger partial charge in [-0.1, -0.05) is 224 Å². The molecule has 0 bridgehead atoms. The summed E-state index contributed by atoms with van der Waals surface area (Å²) < 4.78 is 2.55. The molecule has 15 rings (SSSR count). The molecule has 0 saturated carbocycles. The highest BCUT2D eigenvalue weighted by atomic mass is 32.2. The molecule has 4 heteroatoms. The van der Waals surface area contributed by atoms with Gasteiger partial charge in [0, 0.05) is 46.7 Å². The number of hydrogen-bond donors (Lipinski definition) is 0. The van der Waals surface area contributed by atoms with E-state index in [0.717, 1.165) is 33.6 Å². The first kappa shape index (κ1) is 39.8. The highest BCUT2D eigenvalue weighted by Gasteiger charge is 2.58. The Bertz CT molecular complexity index is 4020. The molecule has 3 aliphatic rings. The monoisotopic (exact) mass is 924 g/mol. The number of rotatable bonds is 4. The molecule has 0 radical (unpaired) electrons. The van der Waals surface area contributed by atoms with Gasteiger partial charge >= 0.3 is 0 Å². The smallest absolute Gasteiger partial charge is 0.160 e. The van der Waals surface area contributed by atoms with Crippen LogP contribution in [0.25, 0.3) is 76.3 Å². The second-order valence-corrected chi connectivity index (χ2v) is 20.8. The van der Waals surface area contributed by atoms with Crippen LogP contribution in [-0.2, 0) is 10.8 Å². The third kappa shape index (κ3) is 5.46. The molecule has 2 aliphatic carbocycles. The molecule has 3 heterocycles. The van der Waals surface area contributed by atoms with Gasteiger partial charge in [-0.05, 0) is 97.1 Å². The van der Waals surface area contributed by atoms with Gasteiger partial charge in [0.05, 0.1) is 22.2 Å². The maximum Gasteiger partial charge on any atom is 0.160 e. The van der Waals surface area contributed by atoms with Gasteiger partial charge in [0.15, 0.2) is 5.82 Å². The highest BCUT2D eigenvalue weighted by Crippen LogP contribution is 2.67. The van der Waals surface area contributed by atoms with Crippen molar-refractivity contribution in [2.75, 3.05) is 0 Å². The number of fused-ring (bicyclic) bond motifs is 18. The molecule has 0 fully saturated rings. The summed E-state index contributed by atoms with van der Waals surface area (Å²) >= 11 is 3.72. The van der Waals surface area contributed by atoms with Crippen molar-refractivity contribution in [1.29, 1.82) is 0 Å². The van der Waals surface area contributed by atoms with Crippen LogP contribution in [0.3, 0.4) is 0 Å². The molecule has 0 N–H and O–H groups in total. The highest BCUT2D eigenvalue weighted by molar-refractivity contribution is 7.99. The predicted octanol–water partition coefficient (Wildman–Crippen LogP) is 17.0. The van der Waals surface area contributed by atoms with Crippen LogP contribution in [0.2, 0.25) is 0 Å². The lowest BCUT2D eigenvalue weighted by Gasteiger charge is -2.51. The summed E-state index contributed by atoms with van der Waals surface area (Å²) in [6.07, 6.45) is 0. The average molecular weight is 925 g/mol. The second-order valence-electron chi connectivity index (χ2n) is 18.7. The van der Waals surface area contributed by atoms with Crippen LogP contribution in [-0.4, -0.2) is 9.97 Å². The van der Waals surface area contributed by atoms with Crippen LogP contribution in [0.5, 0.6) is 0 Å². The Hall–Kier alpha value is -8.15. The van der Waals surface area contributed by atoms with Gasteiger partial charge in [0.25, 0.3) is 0 Å². The fourth-order valence-corrected chi connectivity index (χ4v) is 14.8. The Morgan fingerprint density at radius 3 is 1.47 bits per heavy atom. The summed E-state index contributed by atoms with van der Waals surface area (Å²) in [4.78, 5) is 13.2. The minimum absolute atomic E-state index is 0.507. The van der Waals surface area contributed by atoms with E-state index >= 15 is 0 Å². The Kier molecular flexibility index (Phi) is 8.63. The lowest BCUT2D eigenvalue weighted by atomic mass is 9.51. The molecule has 2 aromatic heterocycles. The topological polar surface area (TPSA) is 25.8 Å². The minimum Gasteiger partial charge on any atom is -0.228 e. The van der Waals surface area contributed by atoms with Gasteiger partial charge in [0.2, 0.25) is 0 Å². The number of benzene rings is 10. The Morgan fingerprint density at radius 2 is 0.786 bits per heavy atom. The summed E-state index contributed by atoms with van der Waals surface area (Å²) in [5, 5.41) is 2.57. The van der Waals surface area contributed by atoms with Crippen LogP contribution in [0.4, 0.5) is 0 Å². The number of thiophene rings is 1. The Labute approximate surface area is 414 Å². The van der Waals surface area contributed by atoms with Crippen LogP contribution in [0, 0.1) is 0 Å². The first-order valence-corrected chi connectivity index (χ1v) is 25.6. The van der Waals surface area contributed by atoms with Gasteiger partial charge in [-0.25, -0.2) is 9.97 Å². The van der Waals surface area contributed by atoms with E-state index in [4.69, 9.17) is 9.97 Å². The second kappa shape index (κ2) is 15.2. The fraction of sp³-hybridized carbons (Fsp3) is 0.0303. The summed E-state index contributed by atoms with van der Waals surface area (Å²) in [7, 11) is 0. The van der Waals surface area contributed by atoms with Gasteiger partial charge in [-0.2, -0.15) is 0 Å². The van der Waals surface area contributed by atoms with Gasteiger partial charge in [-0.15, -0.1) is 11.3 Å². The summed E-state index contributed by atoms with van der Waals surface area (Å²) in [6.45, 7) is 0. The minimum atomic E-state index is -0.560. The SMILES string of the molecule is c1ccc(-c2cc(-c3ccc4c(c3)sc3ccccc34)nc(-c3ccc(-c4cccc5c4-c4ccccc4C54c5ccccc5C5(c6ccccc6Sc6ccccc65)c5ccccc54)cc3)n2)cc1. The third-order valence-electron chi connectivity index (χ3n) is 15.3. The van der Waals surface area contributed by atoms with Crippen LogP contribution in [0.1, 0.15) is 44.5 Å². The van der Waals surface area contributed by atoms with E-state index in [2.05, 4.69) is 243 Å². The summed E-state index contributed by atoms with van der Waals surface area (Å²) in [5.74, 6) is 0.704. The van der Waals surface area contributed by atoms with Gasteiger partial charge in [0.1, 0.15) is 0 Å². The van der Waals surface area contributed by atoms with E-state index in [1.54, 1.807) is 0 Å². The molecular formula is C66H40N2S2. The van der Waals surface area contributed by atoms with Crippen molar-refractivity contribution in [3.05, 3.63) is 287 Å². The molecule has 2 nitrogen and oxygen atoms in total. The van der Waals surface area contributed by atoms with Gasteiger partial charge < -0.3 is 0 Å². The fourth-order valence-electron chi connectivity index (χ4n) is 12.5. The molecule has 1 aliphatic heterocycles. The van der Waals surface area contributed by atoms with E-state index < -0.39 is 10.8 Å². The molecule has 0 atom stereocenters. The van der Waals surface area contributed by atoms with Crippen LogP contribution >= 0.6 is 23.1 Å². The predicted molar refractivity (Wildman–Crippen MR) is 290 cm³/mol. The van der Waals surface area contributed by atoms with E-state index in [9.17, 15) is 0 Å². The quantitative estimate of drug-likeness (QED) is 0.176. The van der Waals surface area contributed by atoms with Crippen molar-refractivity contribution >= 4 is 43.3 Å². The molecule has 0 amide bonds. The van der Waals surface area contributed by atoms with Crippen molar-refractivity contribution in [3.8, 4) is 56.2 Å². The van der Waals surface area contributed by atoms with Gasteiger partial charge in [-0.3, -0.25) is 0 Å². The summed E-state index contributed by atoms with van der Waals surface area (Å²) in [5.41, 5.74) is 19.5. The molecule has 2 spiro atoms. The lowest BCUT2D eigenvalue weighted by molar-refractivity contribution is 0.605. The van der Waals surface area contributed by atoms with E-state index in [-0.39, 0.29) is 0 Å². The zero-order chi connectivity index (χ0) is 46.0. The zero-order valence-corrected chi connectivity index (χ0v) is 39.4. The molecule has 10 aromatic carbocycles. The van der Waals surface area contributed by atoms with Crippen LogP contribution in [0.15, 0.2) is 252 Å². The molecular weight excluding hydrogens is 885 g/mol. The maximum atomic E-state index is 5.31. The zero-order valence-electron chi connectivity index (χ0n) is 37.8. The molecule has 326 valence electrons. The molecule has 0 unspecified atom stereocenters. The first-order chi connectivity index (χ1) is 34.7. The third-order valence-corrected chi connectivity index (χ3v) is 17.6. The average Bonchev–Trinajstić information content (AvgIpc) is 3.97. The lowest BCUT2D eigenvalue weighted by Crippen LogP contribution is -2.45.